The van der Waals surface area contributed by atoms with Crippen LogP contribution < -0.4 is 10.1 Å². The van der Waals surface area contributed by atoms with E-state index in [0.717, 1.165) is 15.8 Å². The van der Waals surface area contributed by atoms with Crippen LogP contribution in [0.25, 0.3) is 10.2 Å². The quantitative estimate of drug-likeness (QED) is 0.767. The minimum atomic E-state index is -0.296. The Balaban J connectivity index is 1.91. The first-order valence-electron chi connectivity index (χ1n) is 6.59. The predicted molar refractivity (Wildman–Crippen MR) is 90.3 cm³/mol. The molecular weight excluding hydrogens is 320 g/mol. The fraction of sp³-hybridized carbons (Fsp3) is 0.125. The maximum Gasteiger partial charge on any atom is 0.261 e. The molecule has 3 rings (SSSR count). The summed E-state index contributed by atoms with van der Waals surface area (Å²) < 4.78 is 6.23. The number of nitrogens with zero attached hydrogens (tertiary/aromatic N) is 1. The lowest BCUT2D eigenvalue weighted by Crippen LogP contribution is -2.13. The normalized spacial score (nSPS) is 10.7. The van der Waals surface area contributed by atoms with Crippen molar-refractivity contribution >= 4 is 44.2 Å². The number of nitrogens with one attached hydrogen (secondary N) is 1. The number of methoxy groups -OCH3 is 1. The summed E-state index contributed by atoms with van der Waals surface area (Å²) in [5.74, 6) is 0.175. The number of fused-ring (bicyclic) bond motifs is 1. The Bertz CT molecular complexity index is 860. The molecule has 1 heterocycles. The number of amides is 1. The van der Waals surface area contributed by atoms with Gasteiger partial charge in [-0.05, 0) is 42.8 Å². The molecule has 0 spiro atoms. The van der Waals surface area contributed by atoms with Gasteiger partial charge in [-0.2, -0.15) is 0 Å². The second-order valence-corrected chi connectivity index (χ2v) is 6.26. The number of aryl methyl sites for hydroxylation is 1. The molecule has 112 valence electrons. The van der Waals surface area contributed by atoms with Gasteiger partial charge in [0.2, 0.25) is 0 Å². The molecule has 1 N–H and O–H groups in total. The molecule has 0 aliphatic carbocycles. The topological polar surface area (TPSA) is 51.2 Å². The van der Waals surface area contributed by atoms with Gasteiger partial charge < -0.3 is 4.74 Å². The van der Waals surface area contributed by atoms with E-state index in [9.17, 15) is 4.79 Å². The number of halogens is 1. The average molecular weight is 333 g/mol. The van der Waals surface area contributed by atoms with E-state index in [1.54, 1.807) is 18.2 Å². The zero-order valence-corrected chi connectivity index (χ0v) is 13.6. The van der Waals surface area contributed by atoms with Gasteiger partial charge in [0.1, 0.15) is 5.75 Å². The Hall–Kier alpha value is -2.11. The Kier molecular flexibility index (Phi) is 4.00. The standard InChI is InChI=1S/C16H13ClN2O2S/c1-9-3-5-12-14(7-9)22-16(18-12)19-15(20)11-8-10(17)4-6-13(11)21-2/h3-8H,1-2H3,(H,18,19,20). The van der Waals surface area contributed by atoms with Gasteiger partial charge in [-0.25, -0.2) is 4.98 Å². The van der Waals surface area contributed by atoms with Crippen molar-refractivity contribution in [2.45, 2.75) is 6.92 Å². The third-order valence-corrected chi connectivity index (χ3v) is 4.34. The SMILES string of the molecule is COc1ccc(Cl)cc1C(=O)Nc1nc2ccc(C)cc2s1. The number of aromatic nitrogens is 1. The first-order chi connectivity index (χ1) is 10.6. The summed E-state index contributed by atoms with van der Waals surface area (Å²) in [7, 11) is 1.51. The Labute approximate surface area is 136 Å². The molecule has 6 heteroatoms. The van der Waals surface area contributed by atoms with E-state index in [4.69, 9.17) is 16.3 Å². The molecule has 0 saturated carbocycles. The molecule has 0 fully saturated rings. The lowest BCUT2D eigenvalue weighted by molar-refractivity contribution is 0.102. The van der Waals surface area contributed by atoms with Crippen molar-refractivity contribution < 1.29 is 9.53 Å². The van der Waals surface area contributed by atoms with Gasteiger partial charge in [-0.15, -0.1) is 0 Å². The summed E-state index contributed by atoms with van der Waals surface area (Å²) >= 11 is 7.39. The number of hydrogen-bond donors (Lipinski definition) is 1. The van der Waals surface area contributed by atoms with Crippen molar-refractivity contribution in [3.05, 3.63) is 52.5 Å². The second kappa shape index (κ2) is 5.94. The minimum Gasteiger partial charge on any atom is -0.496 e. The van der Waals surface area contributed by atoms with Gasteiger partial charge in [-0.1, -0.05) is 29.0 Å². The van der Waals surface area contributed by atoms with Crippen LogP contribution in [-0.2, 0) is 0 Å². The first-order valence-corrected chi connectivity index (χ1v) is 7.78. The van der Waals surface area contributed by atoms with Crippen molar-refractivity contribution in [2.24, 2.45) is 0 Å². The summed E-state index contributed by atoms with van der Waals surface area (Å²) in [5.41, 5.74) is 2.40. The van der Waals surface area contributed by atoms with E-state index in [1.807, 2.05) is 25.1 Å². The third-order valence-electron chi connectivity index (χ3n) is 3.17. The number of benzene rings is 2. The van der Waals surface area contributed by atoms with Gasteiger partial charge >= 0.3 is 0 Å². The van der Waals surface area contributed by atoms with Crippen LogP contribution in [0.3, 0.4) is 0 Å². The Morgan fingerprint density at radius 2 is 2.09 bits per heavy atom. The smallest absolute Gasteiger partial charge is 0.261 e. The fourth-order valence-electron chi connectivity index (χ4n) is 2.11. The Morgan fingerprint density at radius 1 is 1.27 bits per heavy atom. The number of rotatable bonds is 3. The van der Waals surface area contributed by atoms with E-state index in [2.05, 4.69) is 10.3 Å². The summed E-state index contributed by atoms with van der Waals surface area (Å²) in [6.45, 7) is 2.02. The maximum atomic E-state index is 12.4. The molecule has 0 saturated heterocycles. The van der Waals surface area contributed by atoms with E-state index >= 15 is 0 Å². The highest BCUT2D eigenvalue weighted by Gasteiger charge is 2.15. The van der Waals surface area contributed by atoms with Gasteiger partial charge in [0.05, 0.1) is 22.9 Å². The van der Waals surface area contributed by atoms with Crippen LogP contribution in [0.2, 0.25) is 5.02 Å². The zero-order valence-electron chi connectivity index (χ0n) is 12.0. The number of anilines is 1. The van der Waals surface area contributed by atoms with Crippen LogP contribution in [-0.4, -0.2) is 18.0 Å². The molecule has 4 nitrogen and oxygen atoms in total. The van der Waals surface area contributed by atoms with E-state index in [-0.39, 0.29) is 5.91 Å². The second-order valence-electron chi connectivity index (χ2n) is 4.79. The van der Waals surface area contributed by atoms with Crippen LogP contribution in [0.4, 0.5) is 5.13 Å². The highest BCUT2D eigenvalue weighted by Crippen LogP contribution is 2.28. The maximum absolute atomic E-state index is 12.4. The van der Waals surface area contributed by atoms with E-state index < -0.39 is 0 Å². The minimum absolute atomic E-state index is 0.296. The Morgan fingerprint density at radius 3 is 2.86 bits per heavy atom. The molecule has 0 aliphatic heterocycles. The van der Waals surface area contributed by atoms with Crippen LogP contribution in [0, 0.1) is 6.92 Å². The fourth-order valence-corrected chi connectivity index (χ4v) is 3.24. The van der Waals surface area contributed by atoms with Crippen LogP contribution >= 0.6 is 22.9 Å². The molecule has 3 aromatic rings. The van der Waals surface area contributed by atoms with Crippen molar-refractivity contribution in [3.8, 4) is 5.75 Å². The summed E-state index contributed by atoms with van der Waals surface area (Å²) in [6.07, 6.45) is 0. The summed E-state index contributed by atoms with van der Waals surface area (Å²) in [5, 5.41) is 3.83. The zero-order chi connectivity index (χ0) is 15.7. The van der Waals surface area contributed by atoms with Crippen molar-refractivity contribution in [2.75, 3.05) is 12.4 Å². The van der Waals surface area contributed by atoms with E-state index in [0.29, 0.717) is 21.5 Å². The highest BCUT2D eigenvalue weighted by atomic mass is 35.5. The van der Waals surface area contributed by atoms with Gasteiger partial charge in [-0.3, -0.25) is 10.1 Å². The molecule has 0 aliphatic rings. The largest absolute Gasteiger partial charge is 0.496 e. The number of carbonyl (C=O) groups excluding carboxylic acids is 1. The van der Waals surface area contributed by atoms with Gasteiger partial charge in [0.25, 0.3) is 5.91 Å². The number of thiazole rings is 1. The predicted octanol–water partition coefficient (Wildman–Crippen LogP) is 4.52. The molecular formula is C16H13ClN2O2S. The molecule has 1 aromatic heterocycles. The molecule has 22 heavy (non-hydrogen) atoms. The van der Waals surface area contributed by atoms with Crippen LogP contribution in [0.1, 0.15) is 15.9 Å². The first kappa shape index (κ1) is 14.8. The molecule has 0 radical (unpaired) electrons. The lowest BCUT2D eigenvalue weighted by atomic mass is 10.2. The van der Waals surface area contributed by atoms with E-state index in [1.165, 1.54) is 18.4 Å². The van der Waals surface area contributed by atoms with Crippen molar-refractivity contribution in [1.82, 2.24) is 4.98 Å². The number of hydrogen-bond acceptors (Lipinski definition) is 4. The van der Waals surface area contributed by atoms with Gasteiger partial charge in [0, 0.05) is 5.02 Å². The van der Waals surface area contributed by atoms with Crippen molar-refractivity contribution in [3.63, 3.8) is 0 Å². The molecule has 0 bridgehead atoms. The third kappa shape index (κ3) is 2.91. The summed E-state index contributed by atoms with van der Waals surface area (Å²) in [4.78, 5) is 16.8. The monoisotopic (exact) mass is 332 g/mol. The molecule has 0 unspecified atom stereocenters. The highest BCUT2D eigenvalue weighted by molar-refractivity contribution is 7.22. The van der Waals surface area contributed by atoms with Crippen LogP contribution in [0.15, 0.2) is 36.4 Å². The average Bonchev–Trinajstić information content (AvgIpc) is 2.88. The number of carbonyl (C=O) groups is 1. The number of ether oxygens (including phenoxy) is 1. The molecule has 2 aromatic carbocycles. The van der Waals surface area contributed by atoms with Crippen LogP contribution in [0.5, 0.6) is 5.75 Å². The van der Waals surface area contributed by atoms with Gasteiger partial charge in [0.15, 0.2) is 5.13 Å². The molecule has 1 amide bonds. The molecule has 0 atom stereocenters. The lowest BCUT2D eigenvalue weighted by Gasteiger charge is -2.08. The summed E-state index contributed by atoms with van der Waals surface area (Å²) in [6, 6.07) is 10.9. The van der Waals surface area contributed by atoms with Crippen molar-refractivity contribution in [1.29, 1.82) is 0 Å².